The number of carboxylic acid groups (broad SMARTS) is 1. The molecule has 0 aromatic rings. The smallest absolute Gasteiger partial charge is 0.407 e. The van der Waals surface area contributed by atoms with Crippen LogP contribution in [0.15, 0.2) is 0 Å². The molecule has 1 aliphatic heterocycles. The van der Waals surface area contributed by atoms with E-state index in [-0.39, 0.29) is 12.1 Å². The zero-order chi connectivity index (χ0) is 19.2. The molecule has 0 aromatic carbocycles. The average Bonchev–Trinajstić information content (AvgIpc) is 2.55. The fourth-order valence-electron chi connectivity index (χ4n) is 3.64. The van der Waals surface area contributed by atoms with Gasteiger partial charge in [0, 0.05) is 32.3 Å². The lowest BCUT2D eigenvalue weighted by molar-refractivity contribution is 0.0341. The number of hydrogen-bond donors (Lipinski definition) is 2. The molecule has 1 saturated heterocycles. The highest BCUT2D eigenvalue weighted by molar-refractivity contribution is 5.68. The van der Waals surface area contributed by atoms with Crippen molar-refractivity contribution in [3.8, 4) is 0 Å². The Bertz CT molecular complexity index is 461. The van der Waals surface area contributed by atoms with Crippen LogP contribution < -0.4 is 5.32 Å². The van der Waals surface area contributed by atoms with Crippen LogP contribution in [0.4, 0.5) is 9.59 Å². The van der Waals surface area contributed by atoms with Gasteiger partial charge in [0.15, 0.2) is 0 Å². The topological polar surface area (TPSA) is 88.1 Å². The van der Waals surface area contributed by atoms with Crippen molar-refractivity contribution in [1.29, 1.82) is 0 Å². The molecule has 0 radical (unpaired) electrons. The van der Waals surface area contributed by atoms with E-state index >= 15 is 0 Å². The molecule has 7 nitrogen and oxygen atoms in total. The molecular formula is C19H34N2O5. The molecule has 2 fully saturated rings. The third-order valence-corrected chi connectivity index (χ3v) is 5.16. The first-order valence-electron chi connectivity index (χ1n) is 9.78. The van der Waals surface area contributed by atoms with Gasteiger partial charge in [0.2, 0.25) is 0 Å². The molecule has 2 rings (SSSR count). The third-order valence-electron chi connectivity index (χ3n) is 5.16. The Morgan fingerprint density at radius 3 is 2.04 bits per heavy atom. The Hall–Kier alpha value is -1.50. The molecule has 2 amide bonds. The van der Waals surface area contributed by atoms with E-state index < -0.39 is 11.7 Å². The second-order valence-electron chi connectivity index (χ2n) is 8.61. The minimum atomic E-state index is -0.818. The lowest BCUT2D eigenvalue weighted by atomic mass is 9.86. The Kier molecular flexibility index (Phi) is 7.55. The molecule has 2 aliphatic rings. The first-order chi connectivity index (χ1) is 12.2. The van der Waals surface area contributed by atoms with Crippen molar-refractivity contribution in [2.75, 3.05) is 26.3 Å². The van der Waals surface area contributed by atoms with Gasteiger partial charge in [-0.2, -0.15) is 0 Å². The van der Waals surface area contributed by atoms with Gasteiger partial charge in [-0.15, -0.1) is 0 Å². The number of ether oxygens (including phenoxy) is 2. The number of alkyl carbamates (subject to hydrolysis) is 1. The van der Waals surface area contributed by atoms with Gasteiger partial charge in [-0.05, 0) is 71.1 Å². The lowest BCUT2D eigenvalue weighted by Gasteiger charge is -2.32. The highest BCUT2D eigenvalue weighted by atomic mass is 16.6. The van der Waals surface area contributed by atoms with E-state index in [4.69, 9.17) is 14.6 Å². The van der Waals surface area contributed by atoms with E-state index in [1.54, 1.807) is 0 Å². The summed E-state index contributed by atoms with van der Waals surface area (Å²) >= 11 is 0. The highest BCUT2D eigenvalue weighted by Crippen LogP contribution is 2.26. The summed E-state index contributed by atoms with van der Waals surface area (Å²) < 4.78 is 11.2. The molecule has 0 aromatic heterocycles. The summed E-state index contributed by atoms with van der Waals surface area (Å²) in [5.41, 5.74) is -0.463. The molecule has 0 unspecified atom stereocenters. The van der Waals surface area contributed by atoms with E-state index in [2.05, 4.69) is 5.32 Å². The van der Waals surface area contributed by atoms with Gasteiger partial charge in [0.1, 0.15) is 5.60 Å². The summed E-state index contributed by atoms with van der Waals surface area (Å²) in [7, 11) is 0. The molecular weight excluding hydrogens is 336 g/mol. The maximum atomic E-state index is 11.8. The molecule has 1 heterocycles. The van der Waals surface area contributed by atoms with Crippen LogP contribution in [0.3, 0.4) is 0 Å². The minimum absolute atomic E-state index is 0.196. The number of carbonyl (C=O) groups excluding carboxylic acids is 1. The first kappa shape index (κ1) is 20.8. The quantitative estimate of drug-likeness (QED) is 0.773. The average molecular weight is 370 g/mol. The summed E-state index contributed by atoms with van der Waals surface area (Å²) in [6.45, 7) is 8.32. The maximum Gasteiger partial charge on any atom is 0.407 e. The summed E-state index contributed by atoms with van der Waals surface area (Å²) in [4.78, 5) is 24.2. The number of piperidine rings is 1. The largest absolute Gasteiger partial charge is 0.465 e. The van der Waals surface area contributed by atoms with Crippen LogP contribution in [-0.4, -0.2) is 60.1 Å². The van der Waals surface area contributed by atoms with Crippen LogP contribution in [0, 0.1) is 11.8 Å². The van der Waals surface area contributed by atoms with Crippen molar-refractivity contribution < 1.29 is 24.2 Å². The lowest BCUT2D eigenvalue weighted by Crippen LogP contribution is -2.41. The molecule has 150 valence electrons. The summed E-state index contributed by atoms with van der Waals surface area (Å²) in [6.07, 6.45) is 4.66. The van der Waals surface area contributed by atoms with Crippen LogP contribution in [0.1, 0.15) is 59.3 Å². The van der Waals surface area contributed by atoms with E-state index in [9.17, 15) is 9.59 Å². The number of likely N-dealkylation sites (tertiary alicyclic amines) is 1. The van der Waals surface area contributed by atoms with Crippen molar-refractivity contribution in [3.63, 3.8) is 0 Å². The number of carbonyl (C=O) groups is 2. The fourth-order valence-corrected chi connectivity index (χ4v) is 3.64. The number of amides is 2. The maximum absolute atomic E-state index is 11.8. The normalized spacial score (nSPS) is 25.0. The van der Waals surface area contributed by atoms with E-state index in [0.29, 0.717) is 24.9 Å². The Morgan fingerprint density at radius 1 is 1.00 bits per heavy atom. The summed E-state index contributed by atoms with van der Waals surface area (Å²) in [6, 6.07) is 0.196. The molecule has 0 spiro atoms. The Morgan fingerprint density at radius 2 is 1.54 bits per heavy atom. The van der Waals surface area contributed by atoms with Gasteiger partial charge in [-0.3, -0.25) is 0 Å². The monoisotopic (exact) mass is 370 g/mol. The van der Waals surface area contributed by atoms with Crippen LogP contribution in [0.5, 0.6) is 0 Å². The van der Waals surface area contributed by atoms with Gasteiger partial charge in [-0.25, -0.2) is 9.59 Å². The van der Waals surface area contributed by atoms with E-state index in [1.807, 2.05) is 20.8 Å². The number of rotatable bonds is 5. The van der Waals surface area contributed by atoms with Gasteiger partial charge < -0.3 is 24.8 Å². The standard InChI is InChI=1S/C19H34N2O5/c1-19(2,3)26-17(22)20-16-6-4-14(5-7-16)12-25-13-15-8-10-21(11-9-15)18(23)24/h14-16H,4-13H2,1-3H3,(H,20,22)(H,23,24)/t14-,16-. The number of hydrogen-bond acceptors (Lipinski definition) is 4. The van der Waals surface area contributed by atoms with Gasteiger partial charge in [0.05, 0.1) is 0 Å². The van der Waals surface area contributed by atoms with Gasteiger partial charge >= 0.3 is 12.2 Å². The van der Waals surface area contributed by atoms with Crippen LogP contribution in [-0.2, 0) is 9.47 Å². The van der Waals surface area contributed by atoms with Crippen molar-refractivity contribution in [2.24, 2.45) is 11.8 Å². The predicted octanol–water partition coefficient (Wildman–Crippen LogP) is 3.48. The molecule has 1 aliphatic carbocycles. The van der Waals surface area contributed by atoms with Gasteiger partial charge in [0.25, 0.3) is 0 Å². The molecule has 0 bridgehead atoms. The van der Waals surface area contributed by atoms with E-state index in [0.717, 1.165) is 51.7 Å². The number of nitrogens with one attached hydrogen (secondary N) is 1. The zero-order valence-corrected chi connectivity index (χ0v) is 16.3. The van der Waals surface area contributed by atoms with Crippen molar-refractivity contribution in [2.45, 2.75) is 70.9 Å². The Labute approximate surface area is 156 Å². The van der Waals surface area contributed by atoms with Crippen LogP contribution in [0.2, 0.25) is 0 Å². The third kappa shape index (κ3) is 7.40. The van der Waals surface area contributed by atoms with Crippen LogP contribution >= 0.6 is 0 Å². The molecule has 2 N–H and O–H groups in total. The molecule has 26 heavy (non-hydrogen) atoms. The summed E-state index contributed by atoms with van der Waals surface area (Å²) in [5.74, 6) is 1.02. The first-order valence-corrected chi connectivity index (χ1v) is 9.78. The van der Waals surface area contributed by atoms with E-state index in [1.165, 1.54) is 4.90 Å². The molecule has 0 atom stereocenters. The van der Waals surface area contributed by atoms with Crippen molar-refractivity contribution in [3.05, 3.63) is 0 Å². The zero-order valence-electron chi connectivity index (χ0n) is 16.3. The second kappa shape index (κ2) is 9.44. The van der Waals surface area contributed by atoms with Crippen molar-refractivity contribution in [1.82, 2.24) is 10.2 Å². The van der Waals surface area contributed by atoms with Crippen LogP contribution in [0.25, 0.3) is 0 Å². The van der Waals surface area contributed by atoms with Crippen molar-refractivity contribution >= 4 is 12.2 Å². The Balaban J connectivity index is 1.55. The molecule has 7 heteroatoms. The summed E-state index contributed by atoms with van der Waals surface area (Å²) in [5, 5.41) is 11.9. The SMILES string of the molecule is CC(C)(C)OC(=O)N[C@H]1CC[C@H](COCC2CCN(C(=O)O)CC2)CC1. The van der Waals surface area contributed by atoms with Gasteiger partial charge in [-0.1, -0.05) is 0 Å². The fraction of sp³-hybridized carbons (Fsp3) is 0.895. The minimum Gasteiger partial charge on any atom is -0.465 e. The number of nitrogens with zero attached hydrogens (tertiary/aromatic N) is 1. The molecule has 1 saturated carbocycles. The second-order valence-corrected chi connectivity index (χ2v) is 8.61. The predicted molar refractivity (Wildman–Crippen MR) is 98.3 cm³/mol. The highest BCUT2D eigenvalue weighted by Gasteiger charge is 2.26.